The molecule has 1 aliphatic carbocycles. The highest BCUT2D eigenvalue weighted by atomic mass is 16.7. The van der Waals surface area contributed by atoms with Gasteiger partial charge in [0.25, 0.3) is 0 Å². The van der Waals surface area contributed by atoms with Crippen molar-refractivity contribution in [3.63, 3.8) is 0 Å². The summed E-state index contributed by atoms with van der Waals surface area (Å²) in [7, 11) is -0.435. The summed E-state index contributed by atoms with van der Waals surface area (Å²) in [4.78, 5) is 0. The van der Waals surface area contributed by atoms with Gasteiger partial charge in [0.15, 0.2) is 0 Å². The van der Waals surface area contributed by atoms with E-state index in [-0.39, 0.29) is 0 Å². The van der Waals surface area contributed by atoms with Crippen LogP contribution in [-0.2, 0) is 9.31 Å². The maximum atomic E-state index is 6.44. The van der Waals surface area contributed by atoms with Crippen LogP contribution in [0, 0.1) is 0 Å². The first-order valence-electron chi connectivity index (χ1n) is 11.4. The zero-order chi connectivity index (χ0) is 22.1. The van der Waals surface area contributed by atoms with Crippen molar-refractivity contribution in [1.29, 1.82) is 0 Å². The van der Waals surface area contributed by atoms with E-state index in [4.69, 9.17) is 13.7 Å². The largest absolute Gasteiger partial charge is 0.494 e. The Balaban J connectivity index is 1.64. The van der Waals surface area contributed by atoms with Crippen LogP contribution in [0.15, 0.2) is 59.0 Å². The van der Waals surface area contributed by atoms with E-state index in [2.05, 4.69) is 88.4 Å². The minimum Gasteiger partial charge on any atom is -0.456 e. The van der Waals surface area contributed by atoms with Crippen LogP contribution in [0.5, 0.6) is 0 Å². The lowest BCUT2D eigenvalue weighted by Gasteiger charge is -2.32. The van der Waals surface area contributed by atoms with Gasteiger partial charge in [-0.15, -0.1) is 0 Å². The van der Waals surface area contributed by atoms with Gasteiger partial charge in [-0.2, -0.15) is 0 Å². The Hall–Kier alpha value is -2.82. The number of hydrogen-bond acceptors (Lipinski definition) is 3. The molecule has 0 spiro atoms. The Kier molecular flexibility index (Phi) is 4.24. The van der Waals surface area contributed by atoms with Crippen LogP contribution in [-0.4, -0.2) is 18.3 Å². The number of furan rings is 1. The van der Waals surface area contributed by atoms with Crippen LogP contribution in [0.2, 0.25) is 0 Å². The van der Waals surface area contributed by atoms with Crippen molar-refractivity contribution < 1.29 is 13.7 Å². The summed E-state index contributed by atoms with van der Waals surface area (Å²) in [5.74, 6) is 0. The van der Waals surface area contributed by atoms with Crippen LogP contribution < -0.4 is 15.9 Å². The summed E-state index contributed by atoms with van der Waals surface area (Å²) in [6.45, 7) is 8.34. The SMILES string of the molecule is CC1(C)OB(c2cc(-c3ccccc3)c3c(c2)oc2cc4c(cc23)=CCCC=4)OC1(C)C. The van der Waals surface area contributed by atoms with E-state index < -0.39 is 18.3 Å². The van der Waals surface area contributed by atoms with Gasteiger partial charge in [-0.05, 0) is 85.8 Å². The highest BCUT2D eigenvalue weighted by Gasteiger charge is 2.51. The molecule has 2 aliphatic rings. The molecule has 4 aromatic rings. The highest BCUT2D eigenvalue weighted by molar-refractivity contribution is 6.62. The molecular formula is C28H27BO3. The third kappa shape index (κ3) is 2.97. The maximum absolute atomic E-state index is 6.44. The van der Waals surface area contributed by atoms with E-state index in [1.54, 1.807) is 0 Å². The molecule has 1 fully saturated rings. The Bertz CT molecular complexity index is 1460. The Labute approximate surface area is 188 Å². The van der Waals surface area contributed by atoms with Gasteiger partial charge >= 0.3 is 7.12 Å². The molecule has 1 aromatic heterocycles. The Morgan fingerprint density at radius 2 is 1.41 bits per heavy atom. The summed E-state index contributed by atoms with van der Waals surface area (Å²) >= 11 is 0. The summed E-state index contributed by atoms with van der Waals surface area (Å²) < 4.78 is 19.2. The second kappa shape index (κ2) is 6.84. The van der Waals surface area contributed by atoms with Crippen molar-refractivity contribution >= 4 is 46.7 Å². The minimum absolute atomic E-state index is 0.391. The average Bonchev–Trinajstić information content (AvgIpc) is 3.24. The van der Waals surface area contributed by atoms with Crippen molar-refractivity contribution in [2.75, 3.05) is 0 Å². The monoisotopic (exact) mass is 422 g/mol. The fourth-order valence-electron chi connectivity index (χ4n) is 4.80. The molecule has 0 amide bonds. The predicted molar refractivity (Wildman–Crippen MR) is 132 cm³/mol. The van der Waals surface area contributed by atoms with Crippen molar-refractivity contribution in [2.45, 2.75) is 51.7 Å². The summed E-state index contributed by atoms with van der Waals surface area (Å²) in [6, 6.07) is 19.3. The van der Waals surface area contributed by atoms with Gasteiger partial charge in [0.05, 0.1) is 11.2 Å². The molecule has 0 unspecified atom stereocenters. The van der Waals surface area contributed by atoms with E-state index in [1.165, 1.54) is 10.4 Å². The van der Waals surface area contributed by atoms with Crippen LogP contribution >= 0.6 is 0 Å². The van der Waals surface area contributed by atoms with Crippen molar-refractivity contribution in [1.82, 2.24) is 0 Å². The maximum Gasteiger partial charge on any atom is 0.494 e. The summed E-state index contributed by atoms with van der Waals surface area (Å²) in [5.41, 5.74) is 4.30. The van der Waals surface area contributed by atoms with E-state index in [0.29, 0.717) is 0 Å². The molecule has 2 heterocycles. The second-order valence-electron chi connectivity index (χ2n) is 9.96. The smallest absolute Gasteiger partial charge is 0.456 e. The van der Waals surface area contributed by atoms with E-state index >= 15 is 0 Å². The number of benzene rings is 3. The topological polar surface area (TPSA) is 31.6 Å². The lowest BCUT2D eigenvalue weighted by atomic mass is 9.77. The molecule has 1 saturated heterocycles. The Morgan fingerprint density at radius 3 is 2.09 bits per heavy atom. The highest BCUT2D eigenvalue weighted by Crippen LogP contribution is 2.39. The van der Waals surface area contributed by atoms with Crippen LogP contribution in [0.4, 0.5) is 0 Å². The van der Waals surface area contributed by atoms with Gasteiger partial charge in [0.1, 0.15) is 11.2 Å². The lowest BCUT2D eigenvalue weighted by molar-refractivity contribution is 0.00578. The minimum atomic E-state index is -0.435. The molecule has 0 radical (unpaired) electrons. The standard InChI is InChI=1S/C28H27BO3/c1-27(2)28(3,4)32-29(31-27)21-16-22(18-10-6-5-7-11-18)26-23-14-19-12-8-9-13-20(19)15-24(23)30-25(26)17-21/h5-7,10-17H,8-9H2,1-4H3. The zero-order valence-electron chi connectivity index (χ0n) is 19.1. The number of rotatable bonds is 2. The predicted octanol–water partition coefficient (Wildman–Crippen LogP) is 4.91. The van der Waals surface area contributed by atoms with Gasteiger partial charge in [-0.3, -0.25) is 0 Å². The third-order valence-corrected chi connectivity index (χ3v) is 7.30. The molecule has 3 aromatic carbocycles. The van der Waals surface area contributed by atoms with Gasteiger partial charge in [-0.1, -0.05) is 48.6 Å². The zero-order valence-corrected chi connectivity index (χ0v) is 19.1. The molecule has 160 valence electrons. The normalized spacial score (nSPS) is 19.1. The van der Waals surface area contributed by atoms with Gasteiger partial charge in [0.2, 0.25) is 0 Å². The molecule has 0 N–H and O–H groups in total. The fraction of sp³-hybridized carbons (Fsp3) is 0.286. The lowest BCUT2D eigenvalue weighted by Crippen LogP contribution is -2.41. The molecule has 3 nitrogen and oxygen atoms in total. The van der Waals surface area contributed by atoms with Crippen molar-refractivity contribution in [3.05, 3.63) is 65.0 Å². The molecule has 0 atom stereocenters. The molecule has 32 heavy (non-hydrogen) atoms. The van der Waals surface area contributed by atoms with Gasteiger partial charge in [-0.25, -0.2) is 0 Å². The third-order valence-electron chi connectivity index (χ3n) is 7.30. The van der Waals surface area contributed by atoms with Crippen LogP contribution in [0.25, 0.3) is 45.2 Å². The first kappa shape index (κ1) is 19.8. The van der Waals surface area contributed by atoms with E-state index in [0.717, 1.165) is 51.4 Å². The molecular weight excluding hydrogens is 395 g/mol. The first-order chi connectivity index (χ1) is 15.3. The number of hydrogen-bond donors (Lipinski definition) is 0. The van der Waals surface area contributed by atoms with Crippen molar-refractivity contribution in [2.24, 2.45) is 0 Å². The van der Waals surface area contributed by atoms with E-state index in [9.17, 15) is 0 Å². The summed E-state index contributed by atoms with van der Waals surface area (Å²) in [5, 5.41) is 4.86. The quantitative estimate of drug-likeness (QED) is 0.431. The van der Waals surface area contributed by atoms with Gasteiger partial charge < -0.3 is 13.7 Å². The van der Waals surface area contributed by atoms with Crippen molar-refractivity contribution in [3.8, 4) is 11.1 Å². The molecule has 6 rings (SSSR count). The molecule has 4 heteroatoms. The average molecular weight is 422 g/mol. The second-order valence-corrected chi connectivity index (χ2v) is 9.96. The molecule has 1 aliphatic heterocycles. The summed E-state index contributed by atoms with van der Waals surface area (Å²) in [6.07, 6.45) is 6.80. The van der Waals surface area contributed by atoms with E-state index in [1.807, 2.05) is 6.07 Å². The Morgan fingerprint density at radius 1 is 0.750 bits per heavy atom. The fourth-order valence-corrected chi connectivity index (χ4v) is 4.80. The van der Waals surface area contributed by atoms with Crippen LogP contribution in [0.3, 0.4) is 0 Å². The van der Waals surface area contributed by atoms with Crippen LogP contribution in [0.1, 0.15) is 40.5 Å². The number of fused-ring (bicyclic) bond motifs is 4. The molecule has 0 saturated carbocycles. The molecule has 0 bridgehead atoms. The van der Waals surface area contributed by atoms with Gasteiger partial charge in [0, 0.05) is 10.8 Å². The first-order valence-corrected chi connectivity index (χ1v) is 11.4.